The Bertz CT molecular complexity index is 451. The van der Waals surface area contributed by atoms with Crippen LogP contribution in [0.1, 0.15) is 13.8 Å². The van der Waals surface area contributed by atoms with Crippen LogP contribution in [0.5, 0.6) is 0 Å². The van der Waals surface area contributed by atoms with Crippen molar-refractivity contribution in [1.82, 2.24) is 14.9 Å². The lowest BCUT2D eigenvalue weighted by molar-refractivity contribution is 0.266. The highest BCUT2D eigenvalue weighted by Crippen LogP contribution is 2.27. The summed E-state index contributed by atoms with van der Waals surface area (Å²) in [6.45, 7) is 7.36. The van der Waals surface area contributed by atoms with E-state index in [0.717, 1.165) is 36.4 Å². The Hall–Kier alpha value is -1.01. The molecular formula is C14H25N5S. The second-order valence-electron chi connectivity index (χ2n) is 5.54. The monoisotopic (exact) mass is 295 g/mol. The van der Waals surface area contributed by atoms with Crippen molar-refractivity contribution in [2.45, 2.75) is 25.0 Å². The van der Waals surface area contributed by atoms with E-state index in [4.69, 9.17) is 0 Å². The van der Waals surface area contributed by atoms with E-state index >= 15 is 0 Å². The van der Waals surface area contributed by atoms with Gasteiger partial charge in [-0.15, -0.1) is 0 Å². The number of nitrogens with zero attached hydrogens (tertiary/aromatic N) is 4. The standard InChI is InChI=1S/C14H25N5S/c1-6-15-12-7-13(17-14(16-12)20-5)19-8-10(2)11(9-19)18(3)4/h7,10-11H,6,8-9H2,1-5H3,(H,15,16,17). The molecule has 0 aromatic carbocycles. The minimum atomic E-state index is 0.588. The summed E-state index contributed by atoms with van der Waals surface area (Å²) in [7, 11) is 4.31. The van der Waals surface area contributed by atoms with Crippen molar-refractivity contribution in [2.75, 3.05) is 50.2 Å². The van der Waals surface area contributed by atoms with Gasteiger partial charge in [-0.05, 0) is 33.2 Å². The molecule has 0 bridgehead atoms. The van der Waals surface area contributed by atoms with Crippen LogP contribution in [0.4, 0.5) is 11.6 Å². The van der Waals surface area contributed by atoms with Crippen molar-refractivity contribution in [3.8, 4) is 0 Å². The third kappa shape index (κ3) is 3.35. The normalized spacial score (nSPS) is 22.6. The van der Waals surface area contributed by atoms with Crippen LogP contribution in [0, 0.1) is 5.92 Å². The van der Waals surface area contributed by atoms with Gasteiger partial charge >= 0.3 is 0 Å². The molecule has 1 saturated heterocycles. The lowest BCUT2D eigenvalue weighted by Crippen LogP contribution is -2.34. The van der Waals surface area contributed by atoms with E-state index in [-0.39, 0.29) is 0 Å². The maximum absolute atomic E-state index is 4.66. The second-order valence-corrected chi connectivity index (χ2v) is 6.32. The van der Waals surface area contributed by atoms with E-state index < -0.39 is 0 Å². The fraction of sp³-hybridized carbons (Fsp3) is 0.714. The van der Waals surface area contributed by atoms with Crippen LogP contribution in [0.2, 0.25) is 0 Å². The third-order valence-electron chi connectivity index (χ3n) is 3.79. The van der Waals surface area contributed by atoms with E-state index in [1.807, 2.05) is 6.26 Å². The molecule has 5 nitrogen and oxygen atoms in total. The highest BCUT2D eigenvalue weighted by Gasteiger charge is 2.32. The number of hydrogen-bond donors (Lipinski definition) is 1. The molecule has 0 saturated carbocycles. The van der Waals surface area contributed by atoms with Crippen molar-refractivity contribution in [2.24, 2.45) is 5.92 Å². The van der Waals surface area contributed by atoms with Crippen LogP contribution in [-0.4, -0.2) is 60.9 Å². The zero-order chi connectivity index (χ0) is 14.7. The number of thioether (sulfide) groups is 1. The first-order chi connectivity index (χ1) is 9.55. The van der Waals surface area contributed by atoms with Crippen LogP contribution >= 0.6 is 11.8 Å². The minimum Gasteiger partial charge on any atom is -0.370 e. The highest BCUT2D eigenvalue weighted by molar-refractivity contribution is 7.98. The molecule has 2 atom stereocenters. The number of hydrogen-bond acceptors (Lipinski definition) is 6. The van der Waals surface area contributed by atoms with Gasteiger partial charge in [-0.2, -0.15) is 0 Å². The first-order valence-electron chi connectivity index (χ1n) is 7.13. The maximum atomic E-state index is 4.66. The molecule has 112 valence electrons. The summed E-state index contributed by atoms with van der Waals surface area (Å²) in [5, 5.41) is 4.12. The summed E-state index contributed by atoms with van der Waals surface area (Å²) in [5.41, 5.74) is 0. The Kier molecular flexibility index (Phi) is 5.10. The summed E-state index contributed by atoms with van der Waals surface area (Å²) in [6.07, 6.45) is 2.02. The van der Waals surface area contributed by atoms with Gasteiger partial charge < -0.3 is 15.1 Å². The Morgan fingerprint density at radius 2 is 2.15 bits per heavy atom. The summed E-state index contributed by atoms with van der Waals surface area (Å²) >= 11 is 1.59. The molecular weight excluding hydrogens is 270 g/mol. The SMILES string of the molecule is CCNc1cc(N2CC(C)C(N(C)C)C2)nc(SC)n1. The number of aromatic nitrogens is 2. The summed E-state index contributed by atoms with van der Waals surface area (Å²) in [5.74, 6) is 2.61. The quantitative estimate of drug-likeness (QED) is 0.662. The fourth-order valence-corrected chi connectivity index (χ4v) is 3.12. The van der Waals surface area contributed by atoms with Gasteiger partial charge in [-0.1, -0.05) is 18.7 Å². The molecule has 1 aromatic rings. The first kappa shape index (κ1) is 15.4. The molecule has 1 aliphatic heterocycles. The topological polar surface area (TPSA) is 44.3 Å². The van der Waals surface area contributed by atoms with Crippen LogP contribution in [-0.2, 0) is 0 Å². The number of likely N-dealkylation sites (N-methyl/N-ethyl adjacent to an activating group) is 1. The number of rotatable bonds is 5. The Morgan fingerprint density at radius 3 is 2.70 bits per heavy atom. The summed E-state index contributed by atoms with van der Waals surface area (Å²) in [6, 6.07) is 2.65. The van der Waals surface area contributed by atoms with Gasteiger partial charge in [0.15, 0.2) is 5.16 Å². The molecule has 1 aliphatic rings. The van der Waals surface area contributed by atoms with Crippen LogP contribution in [0.15, 0.2) is 11.2 Å². The molecule has 1 aromatic heterocycles. The molecule has 0 radical (unpaired) electrons. The first-order valence-corrected chi connectivity index (χ1v) is 8.36. The van der Waals surface area contributed by atoms with Crippen molar-refractivity contribution in [3.63, 3.8) is 0 Å². The van der Waals surface area contributed by atoms with Crippen molar-refractivity contribution < 1.29 is 0 Å². The highest BCUT2D eigenvalue weighted by atomic mass is 32.2. The smallest absolute Gasteiger partial charge is 0.191 e. The van der Waals surface area contributed by atoms with Gasteiger partial charge in [-0.25, -0.2) is 9.97 Å². The molecule has 2 unspecified atom stereocenters. The van der Waals surface area contributed by atoms with Crippen LogP contribution in [0.25, 0.3) is 0 Å². The van der Waals surface area contributed by atoms with Crippen LogP contribution in [0.3, 0.4) is 0 Å². The van der Waals surface area contributed by atoms with Gasteiger partial charge in [0, 0.05) is 31.7 Å². The zero-order valence-electron chi connectivity index (χ0n) is 13.1. The van der Waals surface area contributed by atoms with Gasteiger partial charge in [0.25, 0.3) is 0 Å². The van der Waals surface area contributed by atoms with Crippen molar-refractivity contribution >= 4 is 23.4 Å². The minimum absolute atomic E-state index is 0.588. The van der Waals surface area contributed by atoms with Crippen LogP contribution < -0.4 is 10.2 Å². The molecule has 1 fully saturated rings. The lowest BCUT2D eigenvalue weighted by Gasteiger charge is -2.23. The Balaban J connectivity index is 2.22. The van der Waals surface area contributed by atoms with E-state index in [1.54, 1.807) is 11.8 Å². The number of nitrogens with one attached hydrogen (secondary N) is 1. The average Bonchev–Trinajstić information content (AvgIpc) is 2.81. The zero-order valence-corrected chi connectivity index (χ0v) is 13.9. The van der Waals surface area contributed by atoms with E-state index in [0.29, 0.717) is 12.0 Å². The Morgan fingerprint density at radius 1 is 1.40 bits per heavy atom. The molecule has 2 rings (SSSR count). The molecule has 0 spiro atoms. The molecule has 20 heavy (non-hydrogen) atoms. The molecule has 6 heteroatoms. The largest absolute Gasteiger partial charge is 0.370 e. The van der Waals surface area contributed by atoms with Gasteiger partial charge in [0.1, 0.15) is 11.6 Å². The summed E-state index contributed by atoms with van der Waals surface area (Å²) in [4.78, 5) is 13.8. The predicted molar refractivity (Wildman–Crippen MR) is 86.8 cm³/mol. The second kappa shape index (κ2) is 6.63. The lowest BCUT2D eigenvalue weighted by atomic mass is 10.1. The van der Waals surface area contributed by atoms with E-state index in [1.165, 1.54) is 0 Å². The van der Waals surface area contributed by atoms with Gasteiger partial charge in [0.2, 0.25) is 0 Å². The van der Waals surface area contributed by atoms with Gasteiger partial charge in [0.05, 0.1) is 0 Å². The van der Waals surface area contributed by atoms with Crippen molar-refractivity contribution in [3.05, 3.63) is 6.07 Å². The molecule has 1 N–H and O–H groups in total. The average molecular weight is 295 g/mol. The molecule has 2 heterocycles. The summed E-state index contributed by atoms with van der Waals surface area (Å²) < 4.78 is 0. The van der Waals surface area contributed by atoms with Crippen molar-refractivity contribution in [1.29, 1.82) is 0 Å². The van der Waals surface area contributed by atoms with E-state index in [2.05, 4.69) is 59.1 Å². The molecule has 0 amide bonds. The predicted octanol–water partition coefficient (Wildman–Crippen LogP) is 2.02. The van der Waals surface area contributed by atoms with Gasteiger partial charge in [-0.3, -0.25) is 0 Å². The Labute approximate surface area is 126 Å². The fourth-order valence-electron chi connectivity index (χ4n) is 2.75. The number of anilines is 2. The molecule has 0 aliphatic carbocycles. The maximum Gasteiger partial charge on any atom is 0.191 e. The third-order valence-corrected chi connectivity index (χ3v) is 4.34. The van der Waals surface area contributed by atoms with E-state index in [9.17, 15) is 0 Å².